The minimum atomic E-state index is -0.0827. The summed E-state index contributed by atoms with van der Waals surface area (Å²) in [5.74, 6) is -0.0827. The van der Waals surface area contributed by atoms with E-state index in [1.54, 1.807) is 6.07 Å². The minimum Gasteiger partial charge on any atom is -0.367 e. The van der Waals surface area contributed by atoms with Gasteiger partial charge in [0.1, 0.15) is 5.82 Å². The van der Waals surface area contributed by atoms with Crippen molar-refractivity contribution in [1.82, 2.24) is 5.32 Å². The highest BCUT2D eigenvalue weighted by atomic mass is 19.1. The molecule has 1 aromatic rings. The molecule has 104 valence electrons. The molecule has 2 fully saturated rings. The summed E-state index contributed by atoms with van der Waals surface area (Å²) in [7, 11) is 0. The van der Waals surface area contributed by atoms with Gasteiger partial charge in [-0.3, -0.25) is 0 Å². The highest BCUT2D eigenvalue weighted by Crippen LogP contribution is 2.34. The fourth-order valence-electron chi connectivity index (χ4n) is 3.58. The molecule has 0 aromatic heterocycles. The van der Waals surface area contributed by atoms with E-state index >= 15 is 0 Å². The molecule has 1 N–H and O–H groups in total. The van der Waals surface area contributed by atoms with Gasteiger partial charge in [0, 0.05) is 18.6 Å². The van der Waals surface area contributed by atoms with Crippen molar-refractivity contribution >= 4 is 5.69 Å². The summed E-state index contributed by atoms with van der Waals surface area (Å²) in [4.78, 5) is 2.26. The molecule has 1 spiro atoms. The summed E-state index contributed by atoms with van der Waals surface area (Å²) in [6, 6.07) is 5.44. The van der Waals surface area contributed by atoms with Gasteiger partial charge in [-0.15, -0.1) is 0 Å². The highest BCUT2D eigenvalue weighted by molar-refractivity contribution is 5.50. The van der Waals surface area contributed by atoms with E-state index in [9.17, 15) is 4.39 Å². The third-order valence-corrected chi connectivity index (χ3v) is 4.60. The van der Waals surface area contributed by atoms with E-state index in [-0.39, 0.29) is 11.4 Å². The maximum absolute atomic E-state index is 14.1. The van der Waals surface area contributed by atoms with Crippen LogP contribution < -0.4 is 10.2 Å². The Labute approximate surface area is 115 Å². The van der Waals surface area contributed by atoms with Gasteiger partial charge in [-0.2, -0.15) is 0 Å². The number of benzene rings is 1. The van der Waals surface area contributed by atoms with Gasteiger partial charge in [0.15, 0.2) is 0 Å². The average Bonchev–Trinajstić information content (AvgIpc) is 2.74. The first kappa shape index (κ1) is 12.9. The average molecular weight is 262 g/mol. The fourth-order valence-corrected chi connectivity index (χ4v) is 3.58. The summed E-state index contributed by atoms with van der Waals surface area (Å²) in [6.45, 7) is 5.00. The molecular weight excluding hydrogens is 239 g/mol. The third-order valence-electron chi connectivity index (χ3n) is 4.60. The molecule has 0 amide bonds. The second-order valence-electron chi connectivity index (χ2n) is 6.14. The molecule has 3 rings (SSSR count). The molecule has 0 radical (unpaired) electrons. The molecule has 0 atom stereocenters. The number of anilines is 1. The van der Waals surface area contributed by atoms with Gasteiger partial charge in [-0.05, 0) is 50.4 Å². The second-order valence-corrected chi connectivity index (χ2v) is 6.14. The van der Waals surface area contributed by atoms with Gasteiger partial charge in [-0.1, -0.05) is 18.9 Å². The van der Waals surface area contributed by atoms with Crippen molar-refractivity contribution in [1.29, 1.82) is 0 Å². The number of nitrogens with zero attached hydrogens (tertiary/aromatic N) is 1. The number of hydrogen-bond acceptors (Lipinski definition) is 2. The van der Waals surface area contributed by atoms with Crippen LogP contribution in [0.25, 0.3) is 0 Å². The molecule has 1 aliphatic heterocycles. The zero-order valence-electron chi connectivity index (χ0n) is 11.7. The monoisotopic (exact) mass is 262 g/mol. The quantitative estimate of drug-likeness (QED) is 0.836. The van der Waals surface area contributed by atoms with Crippen LogP contribution in [0.2, 0.25) is 0 Å². The van der Waals surface area contributed by atoms with Crippen molar-refractivity contribution in [3.63, 3.8) is 0 Å². The molecule has 1 saturated carbocycles. The second kappa shape index (κ2) is 5.12. The summed E-state index contributed by atoms with van der Waals surface area (Å²) >= 11 is 0. The van der Waals surface area contributed by atoms with Crippen molar-refractivity contribution in [3.8, 4) is 0 Å². The molecule has 2 nitrogen and oxygen atoms in total. The van der Waals surface area contributed by atoms with Crippen molar-refractivity contribution in [2.45, 2.75) is 44.6 Å². The summed E-state index contributed by atoms with van der Waals surface area (Å²) in [5.41, 5.74) is 2.15. The van der Waals surface area contributed by atoms with Gasteiger partial charge in [0.05, 0.1) is 5.69 Å². The Bertz CT molecular complexity index is 452. The molecule has 1 heterocycles. The Hall–Kier alpha value is -1.09. The third kappa shape index (κ3) is 2.62. The number of hydrogen-bond donors (Lipinski definition) is 1. The zero-order chi connectivity index (χ0) is 13.3. The number of halogens is 1. The van der Waals surface area contributed by atoms with E-state index < -0.39 is 0 Å². The van der Waals surface area contributed by atoms with Crippen molar-refractivity contribution in [2.24, 2.45) is 0 Å². The predicted octanol–water partition coefficient (Wildman–Crippen LogP) is 3.25. The van der Waals surface area contributed by atoms with Crippen LogP contribution in [-0.2, 0) is 0 Å². The van der Waals surface area contributed by atoms with E-state index in [1.165, 1.54) is 25.7 Å². The number of rotatable bonds is 1. The molecule has 1 saturated heterocycles. The van der Waals surface area contributed by atoms with Crippen LogP contribution in [0.5, 0.6) is 0 Å². The fraction of sp³-hybridized carbons (Fsp3) is 0.625. The molecule has 3 heteroatoms. The Morgan fingerprint density at radius 1 is 1.21 bits per heavy atom. The molecule has 0 unspecified atom stereocenters. The summed E-state index contributed by atoms with van der Waals surface area (Å²) in [6.07, 6.45) is 6.16. The Morgan fingerprint density at radius 3 is 2.79 bits per heavy atom. The van der Waals surface area contributed by atoms with E-state index in [4.69, 9.17) is 0 Å². The minimum absolute atomic E-state index is 0.0827. The maximum Gasteiger partial charge on any atom is 0.146 e. The molecule has 19 heavy (non-hydrogen) atoms. The smallest absolute Gasteiger partial charge is 0.146 e. The van der Waals surface area contributed by atoms with Gasteiger partial charge in [0.2, 0.25) is 0 Å². The first-order valence-corrected chi connectivity index (χ1v) is 7.45. The van der Waals surface area contributed by atoms with E-state index in [1.807, 2.05) is 19.1 Å². The Morgan fingerprint density at radius 2 is 2.00 bits per heavy atom. The lowest BCUT2D eigenvalue weighted by Gasteiger charge is -2.34. The number of aryl methyl sites for hydroxylation is 1. The first-order valence-electron chi connectivity index (χ1n) is 7.45. The summed E-state index contributed by atoms with van der Waals surface area (Å²) in [5, 5.41) is 3.73. The lowest BCUT2D eigenvalue weighted by molar-refractivity contribution is 0.354. The van der Waals surface area contributed by atoms with Crippen LogP contribution in [0.15, 0.2) is 18.2 Å². The summed E-state index contributed by atoms with van der Waals surface area (Å²) < 4.78 is 14.1. The van der Waals surface area contributed by atoms with Crippen LogP contribution in [0.4, 0.5) is 10.1 Å². The van der Waals surface area contributed by atoms with Crippen LogP contribution in [0, 0.1) is 12.7 Å². The highest BCUT2D eigenvalue weighted by Gasteiger charge is 2.36. The topological polar surface area (TPSA) is 15.3 Å². The van der Waals surface area contributed by atoms with Crippen molar-refractivity contribution < 1.29 is 4.39 Å². The van der Waals surface area contributed by atoms with Gasteiger partial charge < -0.3 is 10.2 Å². The molecule has 0 bridgehead atoms. The standard InChI is InChI=1S/C16H23FN2/c1-13-5-6-14(17)15(11-13)19-10-4-9-18-16(12-19)7-2-3-8-16/h5-6,11,18H,2-4,7-10,12H2,1H3. The van der Waals surface area contributed by atoms with Crippen molar-refractivity contribution in [2.75, 3.05) is 24.5 Å². The Balaban J connectivity index is 1.88. The Kier molecular flexibility index (Phi) is 3.48. The van der Waals surface area contributed by atoms with Gasteiger partial charge >= 0.3 is 0 Å². The molecule has 1 aliphatic carbocycles. The molecule has 2 aliphatic rings. The number of nitrogens with one attached hydrogen (secondary N) is 1. The zero-order valence-corrected chi connectivity index (χ0v) is 11.7. The van der Waals surface area contributed by atoms with Gasteiger partial charge in [-0.25, -0.2) is 4.39 Å². The largest absolute Gasteiger partial charge is 0.367 e. The molecular formula is C16H23FN2. The lowest BCUT2D eigenvalue weighted by atomic mass is 9.97. The normalized spacial score (nSPS) is 22.7. The van der Waals surface area contributed by atoms with Crippen LogP contribution in [-0.4, -0.2) is 25.2 Å². The maximum atomic E-state index is 14.1. The molecule has 1 aromatic carbocycles. The first-order chi connectivity index (χ1) is 9.19. The predicted molar refractivity (Wildman–Crippen MR) is 77.2 cm³/mol. The van der Waals surface area contributed by atoms with E-state index in [0.29, 0.717) is 0 Å². The van der Waals surface area contributed by atoms with Crippen LogP contribution in [0.1, 0.15) is 37.7 Å². The van der Waals surface area contributed by atoms with Crippen LogP contribution >= 0.6 is 0 Å². The lowest BCUT2D eigenvalue weighted by Crippen LogP contribution is -2.49. The van der Waals surface area contributed by atoms with Crippen molar-refractivity contribution in [3.05, 3.63) is 29.6 Å². The van der Waals surface area contributed by atoms with Crippen LogP contribution in [0.3, 0.4) is 0 Å². The van der Waals surface area contributed by atoms with Gasteiger partial charge in [0.25, 0.3) is 0 Å². The van der Waals surface area contributed by atoms with E-state index in [0.717, 1.165) is 37.3 Å². The van der Waals surface area contributed by atoms with E-state index in [2.05, 4.69) is 10.2 Å². The SMILES string of the molecule is Cc1ccc(F)c(N2CCCNC3(CCCC3)C2)c1.